The summed E-state index contributed by atoms with van der Waals surface area (Å²) in [7, 11) is 1.31. The number of carboxylic acids is 1. The standard InChI is InChI=1S/C21H16F4N6O2S.C13H15F4N3O.C8H5ClN2O2S.C8H3N3O2S/c1-19(9-33-20(2,18(27)31-19)21(23,24)25)12-7-10(3-5-13(12)22)28-15(32)17-30-14-6-4-11(8-26)29-16(14)34-17;1-11(8-5-7(18)3-4-9(8)14)6-21-12(2,10(19)20-11)13(15,16)17;1-13-8(12)7-10-4-2-3-5(9)11-6(4)14-7;9-3-4-1-2-5-6(10-4)14-7(11-5)8(12)13/h3-7H,9H2,1-2H3,(H2,27,31)(H,28,32);3-5H,6,18H2,1-2H3,(H2,19,20);2-3H,1H3;1-2H,(H,12,13)/t19-,20+;11-,12+;;/m00../s1. The third kappa shape index (κ3) is 13.2. The number of anilines is 2. The molecule has 10 rings (SSSR count). The first-order valence-corrected chi connectivity index (χ1v) is 26.0. The van der Waals surface area contributed by atoms with Crippen molar-refractivity contribution >= 4 is 118 Å². The van der Waals surface area contributed by atoms with Crippen LogP contribution in [0.2, 0.25) is 5.15 Å². The second-order valence-electron chi connectivity index (χ2n) is 18.1. The molecule has 2 aliphatic rings. The Bertz CT molecular complexity index is 4020. The van der Waals surface area contributed by atoms with Crippen molar-refractivity contribution in [3.63, 3.8) is 0 Å². The van der Waals surface area contributed by atoms with Crippen LogP contribution in [0.25, 0.3) is 31.0 Å². The zero-order chi connectivity index (χ0) is 61.2. The number of amidine groups is 2. The minimum atomic E-state index is -4.81. The van der Waals surface area contributed by atoms with Gasteiger partial charge in [0, 0.05) is 22.5 Å². The highest BCUT2D eigenvalue weighted by molar-refractivity contribution is 7.20. The zero-order valence-electron chi connectivity index (χ0n) is 43.1. The molecule has 83 heavy (non-hydrogen) atoms. The molecule has 0 fully saturated rings. The van der Waals surface area contributed by atoms with Crippen molar-refractivity contribution in [2.45, 2.75) is 62.3 Å². The fourth-order valence-electron chi connectivity index (χ4n) is 7.33. The van der Waals surface area contributed by atoms with Crippen LogP contribution in [0.3, 0.4) is 0 Å². The van der Waals surface area contributed by atoms with Crippen molar-refractivity contribution in [3.8, 4) is 12.1 Å². The molecule has 21 nitrogen and oxygen atoms in total. The summed E-state index contributed by atoms with van der Waals surface area (Å²) in [5.74, 6) is -5.12. The number of nitrogens with zero attached hydrogens (tertiary/aromatic N) is 10. The van der Waals surface area contributed by atoms with Gasteiger partial charge < -0.3 is 41.8 Å². The molecule has 33 heteroatoms. The first kappa shape index (κ1) is 61.9. The number of halogens is 9. The Labute approximate surface area is 479 Å². The van der Waals surface area contributed by atoms with Gasteiger partial charge in [-0.3, -0.25) is 14.8 Å². The maximum absolute atomic E-state index is 14.7. The molecule has 8 N–H and O–H groups in total. The van der Waals surface area contributed by atoms with E-state index in [0.29, 0.717) is 36.2 Å². The summed E-state index contributed by atoms with van der Waals surface area (Å²) in [5, 5.41) is 29.5. The number of aromatic carboxylic acids is 1. The molecule has 4 atom stereocenters. The van der Waals surface area contributed by atoms with Gasteiger partial charge in [-0.1, -0.05) is 45.6 Å². The number of thiazole rings is 3. The number of fused-ring (bicyclic) bond motifs is 3. The quantitative estimate of drug-likeness (QED) is 0.0447. The monoisotopic (exact) mass is 1230 g/mol. The summed E-state index contributed by atoms with van der Waals surface area (Å²) in [6.07, 6.45) is -9.52. The molecule has 0 spiro atoms. The lowest BCUT2D eigenvalue weighted by molar-refractivity contribution is -0.249. The fraction of sp³-hybridized carbons (Fsp3) is 0.260. The van der Waals surface area contributed by atoms with E-state index in [0.717, 1.165) is 60.0 Å². The van der Waals surface area contributed by atoms with Crippen molar-refractivity contribution in [1.29, 1.82) is 10.5 Å². The molecule has 2 aliphatic heterocycles. The Morgan fingerprint density at radius 2 is 1.08 bits per heavy atom. The molecule has 0 unspecified atom stereocenters. The summed E-state index contributed by atoms with van der Waals surface area (Å²) in [6.45, 7) is 3.30. The summed E-state index contributed by atoms with van der Waals surface area (Å²) in [6, 6.07) is 20.6. The van der Waals surface area contributed by atoms with Gasteiger partial charge in [0.25, 0.3) is 5.91 Å². The molecule has 8 heterocycles. The summed E-state index contributed by atoms with van der Waals surface area (Å²) in [4.78, 5) is 67.8. The average molecular weight is 1230 g/mol. The Kier molecular flexibility index (Phi) is 17.7. The average Bonchev–Trinajstić information content (AvgIpc) is 2.91. The number of aliphatic imine (C=N–C) groups is 2. The van der Waals surface area contributed by atoms with Crippen LogP contribution in [0.4, 0.5) is 46.5 Å². The molecule has 8 aromatic rings. The topological polar surface area (TPSA) is 339 Å². The van der Waals surface area contributed by atoms with Crippen LogP contribution in [0.15, 0.2) is 82.8 Å². The molecule has 1 amide bonds. The molecule has 0 bridgehead atoms. The van der Waals surface area contributed by atoms with E-state index in [1.54, 1.807) is 24.3 Å². The number of nitrogen functional groups attached to an aromatic ring is 1. The van der Waals surface area contributed by atoms with Gasteiger partial charge in [0.15, 0.2) is 5.01 Å². The number of methoxy groups -OCH3 is 1. The fourth-order valence-corrected chi connectivity index (χ4v) is 9.99. The van der Waals surface area contributed by atoms with Crippen LogP contribution >= 0.6 is 45.6 Å². The molecular formula is C50H39ClF8N14O7S3. The number of esters is 1. The van der Waals surface area contributed by atoms with E-state index >= 15 is 0 Å². The van der Waals surface area contributed by atoms with E-state index in [-0.39, 0.29) is 48.9 Å². The van der Waals surface area contributed by atoms with Crippen LogP contribution in [0.1, 0.15) is 79.6 Å². The number of aromatic nitrogens is 6. The number of carboxylic acid groups (broad SMARTS) is 1. The number of hydrogen-bond acceptors (Lipinski definition) is 22. The Hall–Kier alpha value is -8.66. The number of rotatable bonds is 6. The van der Waals surface area contributed by atoms with E-state index in [9.17, 15) is 49.5 Å². The summed E-state index contributed by atoms with van der Waals surface area (Å²) in [5.41, 5.74) is 10.6. The van der Waals surface area contributed by atoms with E-state index in [4.69, 9.17) is 53.9 Å². The Morgan fingerprint density at radius 1 is 0.651 bits per heavy atom. The number of nitrogens with two attached hydrogens (primary N) is 3. The number of carbonyl (C=O) groups is 3. The van der Waals surface area contributed by atoms with Crippen molar-refractivity contribution in [1.82, 2.24) is 29.9 Å². The van der Waals surface area contributed by atoms with Gasteiger partial charge in [-0.25, -0.2) is 48.3 Å². The summed E-state index contributed by atoms with van der Waals surface area (Å²) < 4.78 is 122. The van der Waals surface area contributed by atoms with E-state index in [1.165, 1.54) is 57.4 Å². The molecule has 0 aliphatic carbocycles. The number of ether oxygens (including phenoxy) is 3. The molecule has 432 valence electrons. The zero-order valence-corrected chi connectivity index (χ0v) is 46.3. The molecule has 0 saturated carbocycles. The molecule has 6 aromatic heterocycles. The molecular weight excluding hydrogens is 1190 g/mol. The van der Waals surface area contributed by atoms with Gasteiger partial charge in [0.1, 0.15) is 94.1 Å². The Morgan fingerprint density at radius 3 is 1.55 bits per heavy atom. The lowest BCUT2D eigenvalue weighted by Crippen LogP contribution is -2.60. The first-order chi connectivity index (χ1) is 38.8. The smallest absolute Gasteiger partial charge is 0.424 e. The van der Waals surface area contributed by atoms with Crippen molar-refractivity contribution in [3.05, 3.63) is 127 Å². The lowest BCUT2D eigenvalue weighted by Gasteiger charge is -2.41. The number of benzene rings is 2. The van der Waals surface area contributed by atoms with Crippen LogP contribution in [-0.4, -0.2) is 108 Å². The highest BCUT2D eigenvalue weighted by Gasteiger charge is 2.60. The Balaban J connectivity index is 0.000000172. The second kappa shape index (κ2) is 23.7. The van der Waals surface area contributed by atoms with E-state index < -0.39 is 89.0 Å². The number of nitrogens with one attached hydrogen (secondary N) is 1. The van der Waals surface area contributed by atoms with Gasteiger partial charge in [-0.2, -0.15) is 36.9 Å². The van der Waals surface area contributed by atoms with Crippen LogP contribution in [0, 0.1) is 34.3 Å². The second-order valence-corrected chi connectivity index (χ2v) is 21.5. The van der Waals surface area contributed by atoms with Crippen LogP contribution in [0.5, 0.6) is 0 Å². The van der Waals surface area contributed by atoms with E-state index in [1.807, 2.05) is 12.1 Å². The maximum Gasteiger partial charge on any atom is 0.424 e. The molecule has 0 saturated heterocycles. The normalized spacial score (nSPS) is 20.4. The minimum absolute atomic E-state index is 0.0115. The van der Waals surface area contributed by atoms with Crippen molar-refractivity contribution in [2.75, 3.05) is 31.4 Å². The van der Waals surface area contributed by atoms with Crippen LogP contribution < -0.4 is 22.5 Å². The van der Waals surface area contributed by atoms with Gasteiger partial charge >= 0.3 is 24.3 Å². The minimum Gasteiger partial charge on any atom is -0.476 e. The number of pyridine rings is 3. The highest BCUT2D eigenvalue weighted by Crippen LogP contribution is 2.43. The SMILES string of the molecule is COC(=O)c1nc2ccc(Cl)nc2s1.C[C@@]1(c2cc(N)ccc2F)CO[C@@](C)(C(F)(F)F)C(N)=N1.C[C@@]1(c2cc(NC(=O)c3nc4ccc(C#N)nc4s3)ccc2F)CO[C@@](C)(C(F)(F)F)C(N)=N1.N#Cc1ccc2nc(C(=O)O)sc2n1. The third-order valence-corrected chi connectivity index (χ3v) is 15.2. The number of hydrogen-bond donors (Lipinski definition) is 5. The lowest BCUT2D eigenvalue weighted by atomic mass is 9.89. The van der Waals surface area contributed by atoms with Gasteiger partial charge in [0.2, 0.25) is 21.2 Å². The number of alkyl halides is 6. The summed E-state index contributed by atoms with van der Waals surface area (Å²) >= 11 is 8.78. The largest absolute Gasteiger partial charge is 0.476 e. The number of nitriles is 2. The third-order valence-electron chi connectivity index (χ3n) is 12.2. The number of amides is 1. The molecule has 2 aromatic carbocycles. The predicted molar refractivity (Wildman–Crippen MR) is 289 cm³/mol. The van der Waals surface area contributed by atoms with Crippen molar-refractivity contribution in [2.24, 2.45) is 21.5 Å². The van der Waals surface area contributed by atoms with Crippen molar-refractivity contribution < 1.29 is 68.8 Å². The first-order valence-electron chi connectivity index (χ1n) is 23.2. The maximum atomic E-state index is 14.7. The van der Waals surface area contributed by atoms with Gasteiger partial charge in [0.05, 0.1) is 20.3 Å². The predicted octanol–water partition coefficient (Wildman–Crippen LogP) is 9.60. The van der Waals surface area contributed by atoms with Gasteiger partial charge in [-0.05, 0) is 100 Å². The van der Waals surface area contributed by atoms with Crippen LogP contribution in [-0.2, 0) is 25.3 Å². The number of carbonyl (C=O) groups excluding carboxylic acids is 2. The highest BCUT2D eigenvalue weighted by atomic mass is 35.5. The van der Waals surface area contributed by atoms with E-state index in [2.05, 4.69) is 49.9 Å². The van der Waals surface area contributed by atoms with Gasteiger partial charge in [-0.15, -0.1) is 0 Å². The molecule has 0 radical (unpaired) electrons.